The van der Waals surface area contributed by atoms with Crippen molar-refractivity contribution in [1.82, 2.24) is 4.98 Å². The van der Waals surface area contributed by atoms with E-state index in [0.717, 1.165) is 22.7 Å². The molecule has 4 rings (SSSR count). The third-order valence-corrected chi connectivity index (χ3v) is 5.57. The Morgan fingerprint density at radius 2 is 1.46 bits per heavy atom. The molecule has 0 saturated heterocycles. The van der Waals surface area contributed by atoms with Crippen LogP contribution in [0, 0.1) is 19.7 Å². The molecule has 26 heavy (non-hydrogen) atoms. The highest BCUT2D eigenvalue weighted by Gasteiger charge is 2.19. The lowest BCUT2D eigenvalue weighted by molar-refractivity contribution is 0.628. The second-order valence-electron chi connectivity index (χ2n) is 7.45. The quantitative estimate of drug-likeness (QED) is 0.507. The molecule has 0 bridgehead atoms. The van der Waals surface area contributed by atoms with E-state index in [9.17, 15) is 4.39 Å². The molecule has 1 saturated carbocycles. The highest BCUT2D eigenvalue weighted by atomic mass is 19.1. The Hall–Kier alpha value is -2.48. The summed E-state index contributed by atoms with van der Waals surface area (Å²) in [6.07, 6.45) is 7.31. The number of benzene rings is 2. The molecule has 0 unspecified atom stereocenters. The Morgan fingerprint density at radius 1 is 0.846 bits per heavy atom. The summed E-state index contributed by atoms with van der Waals surface area (Å²) in [6, 6.07) is 15.4. The van der Waals surface area contributed by atoms with E-state index in [1.807, 2.05) is 12.3 Å². The molecule has 1 aromatic heterocycles. The number of aromatic nitrogens is 1. The molecule has 1 fully saturated rings. The monoisotopic (exact) mass is 345 g/mol. The van der Waals surface area contributed by atoms with Crippen LogP contribution in [0.25, 0.3) is 22.4 Å². The van der Waals surface area contributed by atoms with E-state index in [-0.39, 0.29) is 5.82 Å². The van der Waals surface area contributed by atoms with E-state index < -0.39 is 0 Å². The van der Waals surface area contributed by atoms with Crippen LogP contribution < -0.4 is 0 Å². The fourth-order valence-corrected chi connectivity index (χ4v) is 4.28. The lowest BCUT2D eigenvalue weighted by Crippen LogP contribution is -1.97. The molecule has 3 aromatic rings. The Kier molecular flexibility index (Phi) is 4.58. The minimum atomic E-state index is -0.223. The Labute approximate surface area is 154 Å². The predicted molar refractivity (Wildman–Crippen MR) is 106 cm³/mol. The van der Waals surface area contributed by atoms with Gasteiger partial charge in [0.2, 0.25) is 0 Å². The lowest BCUT2D eigenvalue weighted by Gasteiger charge is -2.16. The molecule has 2 aromatic carbocycles. The molecule has 1 aliphatic rings. The zero-order chi connectivity index (χ0) is 18.1. The van der Waals surface area contributed by atoms with Gasteiger partial charge in [-0.25, -0.2) is 4.39 Å². The van der Waals surface area contributed by atoms with Crippen molar-refractivity contribution in [2.75, 3.05) is 0 Å². The van der Waals surface area contributed by atoms with Crippen LogP contribution in [0.15, 0.2) is 54.7 Å². The third kappa shape index (κ3) is 3.29. The SMILES string of the molecule is Cc1cc(C2CCCC2)cc(C)c1-c1ccc(-c2ccc(F)cc2)nc1. The van der Waals surface area contributed by atoms with Crippen molar-refractivity contribution in [3.63, 3.8) is 0 Å². The largest absolute Gasteiger partial charge is 0.256 e. The average Bonchev–Trinajstić information content (AvgIpc) is 3.17. The van der Waals surface area contributed by atoms with Gasteiger partial charge in [0.1, 0.15) is 5.82 Å². The van der Waals surface area contributed by atoms with Crippen LogP contribution >= 0.6 is 0 Å². The van der Waals surface area contributed by atoms with Crippen LogP contribution in [0.5, 0.6) is 0 Å². The molecule has 0 N–H and O–H groups in total. The van der Waals surface area contributed by atoms with Crippen LogP contribution in [0.2, 0.25) is 0 Å². The van der Waals surface area contributed by atoms with Crippen molar-refractivity contribution < 1.29 is 4.39 Å². The summed E-state index contributed by atoms with van der Waals surface area (Å²) in [5, 5.41) is 0. The fourth-order valence-electron chi connectivity index (χ4n) is 4.28. The van der Waals surface area contributed by atoms with Crippen LogP contribution in [-0.4, -0.2) is 4.98 Å². The Morgan fingerprint density at radius 3 is 2.04 bits per heavy atom. The third-order valence-electron chi connectivity index (χ3n) is 5.57. The number of aryl methyl sites for hydroxylation is 2. The average molecular weight is 345 g/mol. The lowest BCUT2D eigenvalue weighted by atomic mass is 9.89. The first kappa shape index (κ1) is 17.0. The van der Waals surface area contributed by atoms with Crippen LogP contribution in [0.4, 0.5) is 4.39 Å². The molecule has 0 amide bonds. The second kappa shape index (κ2) is 7.03. The smallest absolute Gasteiger partial charge is 0.123 e. The first-order chi connectivity index (χ1) is 12.6. The molecule has 0 spiro atoms. The van der Waals surface area contributed by atoms with Crippen molar-refractivity contribution in [3.8, 4) is 22.4 Å². The number of halogens is 1. The Balaban J connectivity index is 1.65. The van der Waals surface area contributed by atoms with Gasteiger partial charge in [-0.2, -0.15) is 0 Å². The summed E-state index contributed by atoms with van der Waals surface area (Å²) in [5.74, 6) is 0.513. The summed E-state index contributed by atoms with van der Waals surface area (Å²) >= 11 is 0. The Bertz CT molecular complexity index is 881. The van der Waals surface area contributed by atoms with Gasteiger partial charge in [0, 0.05) is 17.3 Å². The van der Waals surface area contributed by atoms with Gasteiger partial charge in [-0.1, -0.05) is 31.0 Å². The van der Waals surface area contributed by atoms with Gasteiger partial charge < -0.3 is 0 Å². The van der Waals surface area contributed by atoms with E-state index >= 15 is 0 Å². The van der Waals surface area contributed by atoms with Gasteiger partial charge in [-0.05, 0) is 85.2 Å². The number of nitrogens with zero attached hydrogens (tertiary/aromatic N) is 1. The van der Waals surface area contributed by atoms with Gasteiger partial charge in [0.05, 0.1) is 5.69 Å². The highest BCUT2D eigenvalue weighted by molar-refractivity contribution is 5.72. The highest BCUT2D eigenvalue weighted by Crippen LogP contribution is 2.37. The van der Waals surface area contributed by atoms with Crippen molar-refractivity contribution in [1.29, 1.82) is 0 Å². The molecule has 0 aliphatic heterocycles. The molecule has 1 heterocycles. The molecule has 2 heteroatoms. The molecule has 1 aliphatic carbocycles. The summed E-state index contributed by atoms with van der Waals surface area (Å²) in [4.78, 5) is 4.61. The van der Waals surface area contributed by atoms with E-state index in [1.54, 1.807) is 12.1 Å². The standard InChI is InChI=1S/C24H24FN/c1-16-13-21(18-5-3-4-6-18)14-17(2)24(16)20-9-12-23(26-15-20)19-7-10-22(25)11-8-19/h7-15,18H,3-6H2,1-2H3. The van der Waals surface area contributed by atoms with Crippen molar-refractivity contribution in [2.24, 2.45) is 0 Å². The van der Waals surface area contributed by atoms with Gasteiger partial charge in [0.25, 0.3) is 0 Å². The van der Waals surface area contributed by atoms with E-state index in [2.05, 4.69) is 37.0 Å². The van der Waals surface area contributed by atoms with E-state index in [1.165, 1.54) is 60.1 Å². The zero-order valence-corrected chi connectivity index (χ0v) is 15.4. The first-order valence-corrected chi connectivity index (χ1v) is 9.45. The number of pyridine rings is 1. The van der Waals surface area contributed by atoms with Gasteiger partial charge in [0.15, 0.2) is 0 Å². The number of hydrogen-bond donors (Lipinski definition) is 0. The topological polar surface area (TPSA) is 12.9 Å². The van der Waals surface area contributed by atoms with Crippen LogP contribution in [0.3, 0.4) is 0 Å². The van der Waals surface area contributed by atoms with Crippen molar-refractivity contribution in [2.45, 2.75) is 45.4 Å². The fraction of sp³-hybridized carbons (Fsp3) is 0.292. The maximum absolute atomic E-state index is 13.1. The van der Waals surface area contributed by atoms with Crippen molar-refractivity contribution in [3.05, 3.63) is 77.2 Å². The van der Waals surface area contributed by atoms with Crippen LogP contribution in [0.1, 0.15) is 48.3 Å². The zero-order valence-electron chi connectivity index (χ0n) is 15.4. The van der Waals surface area contributed by atoms with Gasteiger partial charge in [-0.15, -0.1) is 0 Å². The maximum Gasteiger partial charge on any atom is 0.123 e. The van der Waals surface area contributed by atoms with Gasteiger partial charge >= 0.3 is 0 Å². The van der Waals surface area contributed by atoms with Crippen molar-refractivity contribution >= 4 is 0 Å². The van der Waals surface area contributed by atoms with Crippen LogP contribution in [-0.2, 0) is 0 Å². The number of hydrogen-bond acceptors (Lipinski definition) is 1. The minimum absolute atomic E-state index is 0.223. The van der Waals surface area contributed by atoms with Gasteiger partial charge in [-0.3, -0.25) is 4.98 Å². The number of rotatable bonds is 3. The minimum Gasteiger partial charge on any atom is -0.256 e. The summed E-state index contributed by atoms with van der Waals surface area (Å²) in [5.41, 5.74) is 8.37. The second-order valence-corrected chi connectivity index (χ2v) is 7.45. The molecule has 0 atom stereocenters. The summed E-state index contributed by atoms with van der Waals surface area (Å²) in [6.45, 7) is 4.41. The molecule has 0 radical (unpaired) electrons. The van der Waals surface area contributed by atoms with E-state index in [4.69, 9.17) is 0 Å². The first-order valence-electron chi connectivity index (χ1n) is 9.45. The predicted octanol–water partition coefficient (Wildman–Crippen LogP) is 6.83. The molecular formula is C24H24FN. The molecule has 1 nitrogen and oxygen atoms in total. The normalized spacial score (nSPS) is 14.7. The maximum atomic E-state index is 13.1. The summed E-state index contributed by atoms with van der Waals surface area (Å²) in [7, 11) is 0. The summed E-state index contributed by atoms with van der Waals surface area (Å²) < 4.78 is 13.1. The van der Waals surface area contributed by atoms with E-state index in [0.29, 0.717) is 0 Å². The molecule has 132 valence electrons. The molecular weight excluding hydrogens is 321 g/mol.